The van der Waals surface area contributed by atoms with Gasteiger partial charge in [-0.1, -0.05) is 12.1 Å². The average Bonchev–Trinajstić information content (AvgIpc) is 3.00. The molecule has 3 N–H and O–H groups in total. The molecular formula is C16H24Cl2N4O2S. The molecule has 9 heteroatoms. The smallest absolute Gasteiger partial charge is 0.243 e. The Morgan fingerprint density at radius 3 is 2.80 bits per heavy atom. The standard InChI is InChI=1S/C16H22N4O2S.2ClH/c1-20(8-14-10-23-11-18-14)7-12-4-3-5-13(6-12)19-16(21)15(17)9-22-2;;/h3-6,10-11,15H,7-9,17H2,1-2H3,(H,19,21);2*1H. The first-order chi connectivity index (χ1) is 11.1. The molecule has 0 aliphatic rings. The van der Waals surface area contributed by atoms with Crippen LogP contribution in [-0.2, 0) is 22.6 Å². The molecule has 1 unspecified atom stereocenters. The third-order valence-corrected chi connectivity index (χ3v) is 3.88. The number of rotatable bonds is 8. The number of nitrogens with zero attached hydrogens (tertiary/aromatic N) is 2. The van der Waals surface area contributed by atoms with Gasteiger partial charge in [0.15, 0.2) is 0 Å². The van der Waals surface area contributed by atoms with E-state index >= 15 is 0 Å². The maximum atomic E-state index is 11.9. The maximum absolute atomic E-state index is 11.9. The molecule has 140 valence electrons. The van der Waals surface area contributed by atoms with Gasteiger partial charge in [0, 0.05) is 31.3 Å². The summed E-state index contributed by atoms with van der Waals surface area (Å²) in [7, 11) is 3.56. The molecule has 2 rings (SSSR count). The molecule has 0 radical (unpaired) electrons. The Balaban J connectivity index is 0.00000288. The van der Waals surface area contributed by atoms with E-state index in [-0.39, 0.29) is 37.3 Å². The molecule has 1 atom stereocenters. The van der Waals surface area contributed by atoms with Crippen molar-refractivity contribution in [1.29, 1.82) is 0 Å². The summed E-state index contributed by atoms with van der Waals surface area (Å²) in [5.41, 5.74) is 10.5. The number of amides is 1. The monoisotopic (exact) mass is 406 g/mol. The fourth-order valence-corrected chi connectivity index (χ4v) is 2.75. The lowest BCUT2D eigenvalue weighted by Gasteiger charge is -2.16. The van der Waals surface area contributed by atoms with Crippen molar-refractivity contribution >= 4 is 47.7 Å². The van der Waals surface area contributed by atoms with Crippen LogP contribution in [0.25, 0.3) is 0 Å². The summed E-state index contributed by atoms with van der Waals surface area (Å²) in [5, 5.41) is 4.86. The first kappa shape index (κ1) is 23.8. The lowest BCUT2D eigenvalue weighted by Crippen LogP contribution is -2.39. The number of halogens is 2. The fourth-order valence-electron chi connectivity index (χ4n) is 2.20. The second-order valence-electron chi connectivity index (χ2n) is 5.40. The van der Waals surface area contributed by atoms with Gasteiger partial charge in [-0.15, -0.1) is 36.2 Å². The zero-order valence-corrected chi connectivity index (χ0v) is 16.6. The molecule has 0 saturated heterocycles. The highest BCUT2D eigenvalue weighted by molar-refractivity contribution is 7.07. The minimum absolute atomic E-state index is 0. The van der Waals surface area contributed by atoms with Crippen LogP contribution in [0.1, 0.15) is 11.3 Å². The van der Waals surface area contributed by atoms with Gasteiger partial charge in [-0.25, -0.2) is 4.98 Å². The molecule has 0 aliphatic carbocycles. The Bertz CT molecular complexity index is 628. The molecule has 2 aromatic rings. The van der Waals surface area contributed by atoms with E-state index in [0.717, 1.165) is 30.0 Å². The predicted molar refractivity (Wildman–Crippen MR) is 107 cm³/mol. The number of carbonyl (C=O) groups excluding carboxylic acids is 1. The van der Waals surface area contributed by atoms with Gasteiger partial charge < -0.3 is 15.8 Å². The molecule has 6 nitrogen and oxygen atoms in total. The van der Waals surface area contributed by atoms with E-state index in [9.17, 15) is 4.79 Å². The second kappa shape index (κ2) is 12.2. The van der Waals surface area contributed by atoms with Crippen LogP contribution in [0.4, 0.5) is 5.69 Å². The van der Waals surface area contributed by atoms with E-state index in [1.165, 1.54) is 7.11 Å². The van der Waals surface area contributed by atoms with Gasteiger partial charge in [0.2, 0.25) is 5.91 Å². The molecule has 0 spiro atoms. The van der Waals surface area contributed by atoms with Gasteiger partial charge in [-0.05, 0) is 24.7 Å². The Morgan fingerprint density at radius 1 is 1.40 bits per heavy atom. The third-order valence-electron chi connectivity index (χ3n) is 3.25. The third kappa shape index (κ3) is 8.13. The van der Waals surface area contributed by atoms with E-state index in [1.807, 2.05) is 42.2 Å². The van der Waals surface area contributed by atoms with Crippen molar-refractivity contribution in [3.8, 4) is 0 Å². The number of hydrogen-bond acceptors (Lipinski definition) is 6. The molecule has 0 bridgehead atoms. The summed E-state index contributed by atoms with van der Waals surface area (Å²) >= 11 is 1.60. The highest BCUT2D eigenvalue weighted by Crippen LogP contribution is 2.14. The lowest BCUT2D eigenvalue weighted by molar-refractivity contribution is -0.118. The number of aromatic nitrogens is 1. The zero-order chi connectivity index (χ0) is 16.7. The molecule has 1 heterocycles. The number of ether oxygens (including phenoxy) is 1. The lowest BCUT2D eigenvalue weighted by atomic mass is 10.2. The number of nitrogens with two attached hydrogens (primary N) is 1. The van der Waals surface area contributed by atoms with E-state index < -0.39 is 6.04 Å². The Morgan fingerprint density at radius 2 is 2.16 bits per heavy atom. The Kier molecular flexibility index (Phi) is 11.6. The van der Waals surface area contributed by atoms with Gasteiger partial charge in [0.25, 0.3) is 0 Å². The highest BCUT2D eigenvalue weighted by atomic mass is 35.5. The fraction of sp³-hybridized carbons (Fsp3) is 0.375. The molecule has 1 aromatic heterocycles. The van der Waals surface area contributed by atoms with Crippen LogP contribution >= 0.6 is 36.2 Å². The summed E-state index contributed by atoms with van der Waals surface area (Å²) in [6.07, 6.45) is 0. The van der Waals surface area contributed by atoms with Crippen LogP contribution in [0.5, 0.6) is 0 Å². The van der Waals surface area contributed by atoms with E-state index in [1.54, 1.807) is 11.3 Å². The number of nitrogens with one attached hydrogen (secondary N) is 1. The topological polar surface area (TPSA) is 80.5 Å². The summed E-state index contributed by atoms with van der Waals surface area (Å²) < 4.78 is 4.89. The Labute approximate surface area is 164 Å². The molecule has 25 heavy (non-hydrogen) atoms. The molecule has 0 fully saturated rings. The summed E-state index contributed by atoms with van der Waals surface area (Å²) in [5.74, 6) is -0.250. The Hall–Kier alpha value is -1.22. The quantitative estimate of drug-likeness (QED) is 0.703. The van der Waals surface area contributed by atoms with Gasteiger partial charge in [-0.2, -0.15) is 0 Å². The number of carbonyl (C=O) groups is 1. The van der Waals surface area contributed by atoms with Crippen LogP contribution in [0, 0.1) is 0 Å². The number of anilines is 1. The van der Waals surface area contributed by atoms with Crippen molar-refractivity contribution in [3.63, 3.8) is 0 Å². The van der Waals surface area contributed by atoms with Gasteiger partial charge in [-0.3, -0.25) is 9.69 Å². The molecule has 1 amide bonds. The van der Waals surface area contributed by atoms with Gasteiger partial charge in [0.1, 0.15) is 6.04 Å². The molecular weight excluding hydrogens is 383 g/mol. The van der Waals surface area contributed by atoms with Crippen LogP contribution in [-0.4, -0.2) is 42.6 Å². The first-order valence-electron chi connectivity index (χ1n) is 7.28. The number of benzene rings is 1. The molecule has 0 aliphatic heterocycles. The first-order valence-corrected chi connectivity index (χ1v) is 8.22. The largest absolute Gasteiger partial charge is 0.383 e. The van der Waals surface area contributed by atoms with Crippen LogP contribution < -0.4 is 11.1 Å². The van der Waals surface area contributed by atoms with Crippen molar-refractivity contribution in [1.82, 2.24) is 9.88 Å². The van der Waals surface area contributed by atoms with Crippen molar-refractivity contribution in [2.24, 2.45) is 5.73 Å². The molecule has 0 saturated carbocycles. The predicted octanol–water partition coefficient (Wildman–Crippen LogP) is 2.53. The average molecular weight is 407 g/mol. The number of methoxy groups -OCH3 is 1. The van der Waals surface area contributed by atoms with Crippen LogP contribution in [0.3, 0.4) is 0 Å². The summed E-state index contributed by atoms with van der Waals surface area (Å²) in [6.45, 7) is 1.76. The normalized spacial score (nSPS) is 11.4. The van der Waals surface area contributed by atoms with Gasteiger partial charge in [0.05, 0.1) is 17.8 Å². The summed E-state index contributed by atoms with van der Waals surface area (Å²) in [4.78, 5) is 18.4. The van der Waals surface area contributed by atoms with Gasteiger partial charge >= 0.3 is 0 Å². The SMILES string of the molecule is COCC(N)C(=O)Nc1cccc(CN(C)Cc2cscn2)c1.Cl.Cl. The minimum atomic E-state index is -0.670. The van der Waals surface area contributed by atoms with Crippen molar-refractivity contribution < 1.29 is 9.53 Å². The summed E-state index contributed by atoms with van der Waals surface area (Å²) in [6, 6.07) is 7.08. The van der Waals surface area contributed by atoms with Crippen molar-refractivity contribution in [2.75, 3.05) is 26.1 Å². The van der Waals surface area contributed by atoms with Crippen LogP contribution in [0.2, 0.25) is 0 Å². The van der Waals surface area contributed by atoms with E-state index in [4.69, 9.17) is 10.5 Å². The van der Waals surface area contributed by atoms with Crippen molar-refractivity contribution in [2.45, 2.75) is 19.1 Å². The van der Waals surface area contributed by atoms with Crippen molar-refractivity contribution in [3.05, 3.63) is 46.4 Å². The number of hydrogen-bond donors (Lipinski definition) is 2. The molecule has 1 aromatic carbocycles. The van der Waals surface area contributed by atoms with Crippen LogP contribution in [0.15, 0.2) is 35.2 Å². The second-order valence-corrected chi connectivity index (χ2v) is 6.12. The zero-order valence-electron chi connectivity index (χ0n) is 14.2. The minimum Gasteiger partial charge on any atom is -0.383 e. The van der Waals surface area contributed by atoms with E-state index in [2.05, 4.69) is 15.2 Å². The van der Waals surface area contributed by atoms with E-state index in [0.29, 0.717) is 0 Å². The number of thiazole rings is 1. The maximum Gasteiger partial charge on any atom is 0.243 e. The highest BCUT2D eigenvalue weighted by Gasteiger charge is 2.13.